The topological polar surface area (TPSA) is 148 Å². The van der Waals surface area contributed by atoms with Crippen molar-refractivity contribution >= 4 is 35.1 Å². The lowest BCUT2D eigenvalue weighted by Gasteiger charge is -2.34. The molecular formula is C31H38N6O5. The van der Waals surface area contributed by atoms with E-state index in [1.165, 1.54) is 6.20 Å². The van der Waals surface area contributed by atoms with E-state index in [2.05, 4.69) is 20.9 Å². The molecule has 222 valence electrons. The SMILES string of the molecule is CNC(=O)c1ccc(Nc2cc(NC3CCN(C(=O)OC(C)(C)C)CC3)c(C(N)=O)cn2)cc1OCc1ccccc1. The second kappa shape index (κ2) is 13.2. The van der Waals surface area contributed by atoms with Crippen LogP contribution in [0.15, 0.2) is 60.8 Å². The van der Waals surface area contributed by atoms with Gasteiger partial charge in [0.15, 0.2) is 0 Å². The van der Waals surface area contributed by atoms with Gasteiger partial charge in [0.25, 0.3) is 11.8 Å². The summed E-state index contributed by atoms with van der Waals surface area (Å²) < 4.78 is 11.5. The minimum Gasteiger partial charge on any atom is -0.488 e. The molecule has 3 amide bonds. The van der Waals surface area contributed by atoms with Crippen LogP contribution in [0.4, 0.5) is 22.0 Å². The van der Waals surface area contributed by atoms with E-state index in [9.17, 15) is 14.4 Å². The number of piperidine rings is 1. The third kappa shape index (κ3) is 8.12. The molecule has 11 nitrogen and oxygen atoms in total. The zero-order valence-corrected chi connectivity index (χ0v) is 24.4. The average Bonchev–Trinajstić information content (AvgIpc) is 2.96. The third-order valence-corrected chi connectivity index (χ3v) is 6.64. The highest BCUT2D eigenvalue weighted by molar-refractivity contribution is 5.99. The van der Waals surface area contributed by atoms with Gasteiger partial charge in [-0.1, -0.05) is 30.3 Å². The number of rotatable bonds is 9. The van der Waals surface area contributed by atoms with Gasteiger partial charge in [-0.05, 0) is 51.3 Å². The number of carbonyl (C=O) groups excluding carboxylic acids is 3. The van der Waals surface area contributed by atoms with Crippen LogP contribution >= 0.6 is 0 Å². The molecule has 5 N–H and O–H groups in total. The first-order chi connectivity index (χ1) is 20.0. The van der Waals surface area contributed by atoms with Crippen LogP contribution in [0.3, 0.4) is 0 Å². The summed E-state index contributed by atoms with van der Waals surface area (Å²) in [5.74, 6) is 0.00877. The molecule has 0 unspecified atom stereocenters. The molecule has 2 aromatic carbocycles. The van der Waals surface area contributed by atoms with Gasteiger partial charge in [0.2, 0.25) is 0 Å². The van der Waals surface area contributed by atoms with Crippen molar-refractivity contribution in [2.45, 2.75) is 51.9 Å². The van der Waals surface area contributed by atoms with Gasteiger partial charge >= 0.3 is 6.09 Å². The van der Waals surface area contributed by atoms with Crippen molar-refractivity contribution in [3.63, 3.8) is 0 Å². The van der Waals surface area contributed by atoms with Crippen molar-refractivity contribution in [1.29, 1.82) is 0 Å². The fourth-order valence-corrected chi connectivity index (χ4v) is 4.52. The maximum absolute atomic E-state index is 12.5. The quantitative estimate of drug-likeness (QED) is 0.288. The molecule has 0 bridgehead atoms. The highest BCUT2D eigenvalue weighted by Gasteiger charge is 2.27. The van der Waals surface area contributed by atoms with E-state index in [1.54, 1.807) is 36.2 Å². The average molecular weight is 575 g/mol. The molecule has 1 saturated heterocycles. The van der Waals surface area contributed by atoms with E-state index < -0.39 is 11.5 Å². The van der Waals surface area contributed by atoms with Gasteiger partial charge in [0.05, 0.1) is 16.8 Å². The predicted molar refractivity (Wildman–Crippen MR) is 161 cm³/mol. The molecule has 42 heavy (non-hydrogen) atoms. The summed E-state index contributed by atoms with van der Waals surface area (Å²) in [6, 6.07) is 16.6. The number of nitrogens with two attached hydrogens (primary N) is 1. The maximum Gasteiger partial charge on any atom is 0.410 e. The van der Waals surface area contributed by atoms with Crippen LogP contribution < -0.4 is 26.4 Å². The summed E-state index contributed by atoms with van der Waals surface area (Å²) >= 11 is 0. The molecule has 1 aromatic heterocycles. The number of nitrogens with one attached hydrogen (secondary N) is 3. The fourth-order valence-electron chi connectivity index (χ4n) is 4.52. The van der Waals surface area contributed by atoms with Crippen LogP contribution in [-0.4, -0.2) is 59.6 Å². The predicted octanol–water partition coefficient (Wildman–Crippen LogP) is 4.67. The van der Waals surface area contributed by atoms with Gasteiger partial charge < -0.3 is 36.1 Å². The molecule has 11 heteroatoms. The number of amides is 3. The molecule has 4 rings (SSSR count). The van der Waals surface area contributed by atoms with Gasteiger partial charge in [-0.15, -0.1) is 0 Å². The number of ether oxygens (including phenoxy) is 2. The largest absolute Gasteiger partial charge is 0.488 e. The Labute approximate surface area is 245 Å². The summed E-state index contributed by atoms with van der Waals surface area (Å²) in [5.41, 5.74) is 7.89. The van der Waals surface area contributed by atoms with Crippen LogP contribution in [0.2, 0.25) is 0 Å². The Bertz CT molecular complexity index is 1420. The number of nitrogens with zero attached hydrogens (tertiary/aromatic N) is 2. The molecule has 0 aliphatic carbocycles. The van der Waals surface area contributed by atoms with Gasteiger partial charge in [-0.25, -0.2) is 9.78 Å². The van der Waals surface area contributed by atoms with E-state index in [1.807, 2.05) is 51.1 Å². The van der Waals surface area contributed by atoms with Crippen LogP contribution in [0, 0.1) is 0 Å². The van der Waals surface area contributed by atoms with Gasteiger partial charge in [0, 0.05) is 50.2 Å². The lowest BCUT2D eigenvalue weighted by molar-refractivity contribution is 0.0210. The summed E-state index contributed by atoms with van der Waals surface area (Å²) in [6.45, 7) is 6.87. The van der Waals surface area contributed by atoms with E-state index >= 15 is 0 Å². The third-order valence-electron chi connectivity index (χ3n) is 6.64. The van der Waals surface area contributed by atoms with Crippen molar-refractivity contribution in [2.24, 2.45) is 5.73 Å². The molecule has 1 fully saturated rings. The number of hydrogen-bond acceptors (Lipinski definition) is 8. The second-order valence-electron chi connectivity index (χ2n) is 11.1. The number of anilines is 3. The van der Waals surface area contributed by atoms with Crippen LogP contribution in [0.1, 0.15) is 59.9 Å². The Kier molecular flexibility index (Phi) is 9.51. The number of pyridine rings is 1. The number of hydrogen-bond donors (Lipinski definition) is 4. The van der Waals surface area contributed by atoms with Crippen molar-refractivity contribution in [1.82, 2.24) is 15.2 Å². The molecular weight excluding hydrogens is 536 g/mol. The summed E-state index contributed by atoms with van der Waals surface area (Å²) in [4.78, 5) is 43.1. The number of primary amides is 1. The summed E-state index contributed by atoms with van der Waals surface area (Å²) in [7, 11) is 1.57. The lowest BCUT2D eigenvalue weighted by atomic mass is 10.0. The minimum absolute atomic E-state index is 0.0156. The van der Waals surface area contributed by atoms with E-state index in [4.69, 9.17) is 15.2 Å². The number of benzene rings is 2. The zero-order chi connectivity index (χ0) is 30.3. The Morgan fingerprint density at radius 1 is 1.02 bits per heavy atom. The molecule has 0 radical (unpaired) electrons. The van der Waals surface area contributed by atoms with E-state index in [0.29, 0.717) is 61.0 Å². The highest BCUT2D eigenvalue weighted by atomic mass is 16.6. The highest BCUT2D eigenvalue weighted by Crippen LogP contribution is 2.29. The van der Waals surface area contributed by atoms with E-state index in [-0.39, 0.29) is 23.6 Å². The Hall–Kier alpha value is -4.80. The first-order valence-electron chi connectivity index (χ1n) is 13.9. The number of carbonyl (C=O) groups is 3. The standard InChI is InChI=1S/C31H38N6O5/c1-31(2,3)42-30(40)37-14-12-21(13-15-37)35-25-17-27(34-18-24(25)28(32)38)36-22-10-11-23(29(39)33-4)26(16-22)41-19-20-8-6-5-7-9-20/h5-11,16-18,21H,12-15,19H2,1-4H3,(H2,32,38)(H,33,39)(H2,34,35,36). The second-order valence-corrected chi connectivity index (χ2v) is 11.1. The Morgan fingerprint density at radius 2 is 1.74 bits per heavy atom. The molecule has 1 aliphatic heterocycles. The first-order valence-corrected chi connectivity index (χ1v) is 13.9. The number of likely N-dealkylation sites (tertiary alicyclic amines) is 1. The first kappa shape index (κ1) is 30.2. The van der Waals surface area contributed by atoms with Crippen molar-refractivity contribution in [3.8, 4) is 5.75 Å². The van der Waals surface area contributed by atoms with Crippen molar-refractivity contribution in [3.05, 3.63) is 77.5 Å². The normalized spacial score (nSPS) is 13.7. The Morgan fingerprint density at radius 3 is 2.38 bits per heavy atom. The van der Waals surface area contributed by atoms with Gasteiger partial charge in [-0.2, -0.15) is 0 Å². The summed E-state index contributed by atoms with van der Waals surface area (Å²) in [5, 5.41) is 9.28. The number of aromatic nitrogens is 1. The summed E-state index contributed by atoms with van der Waals surface area (Å²) in [6.07, 6.45) is 2.44. The molecule has 0 atom stereocenters. The van der Waals surface area contributed by atoms with Crippen LogP contribution in [0.25, 0.3) is 0 Å². The fraction of sp³-hybridized carbons (Fsp3) is 0.355. The Balaban J connectivity index is 1.48. The van der Waals surface area contributed by atoms with Crippen LogP contribution in [-0.2, 0) is 11.3 Å². The zero-order valence-electron chi connectivity index (χ0n) is 24.4. The lowest BCUT2D eigenvalue weighted by Crippen LogP contribution is -2.44. The molecule has 3 aromatic rings. The van der Waals surface area contributed by atoms with E-state index in [0.717, 1.165) is 5.56 Å². The molecule has 2 heterocycles. The van der Waals surface area contributed by atoms with Crippen molar-refractivity contribution in [2.75, 3.05) is 30.8 Å². The van der Waals surface area contributed by atoms with Crippen LogP contribution in [0.5, 0.6) is 5.75 Å². The van der Waals surface area contributed by atoms with Gasteiger partial charge in [-0.3, -0.25) is 9.59 Å². The van der Waals surface area contributed by atoms with Crippen molar-refractivity contribution < 1.29 is 23.9 Å². The molecule has 1 aliphatic rings. The smallest absolute Gasteiger partial charge is 0.410 e. The maximum atomic E-state index is 12.5. The molecule has 0 saturated carbocycles. The minimum atomic E-state index is -0.603. The monoisotopic (exact) mass is 574 g/mol. The van der Waals surface area contributed by atoms with Gasteiger partial charge in [0.1, 0.15) is 23.8 Å². The molecule has 0 spiro atoms.